The minimum absolute atomic E-state index is 0.00148. The predicted molar refractivity (Wildman–Crippen MR) is 103 cm³/mol. The molecular weight excluding hydrogens is 338 g/mol. The van der Waals surface area contributed by atoms with E-state index in [4.69, 9.17) is 4.74 Å². The Balaban J connectivity index is 1.45. The first-order valence-corrected chi connectivity index (χ1v) is 10.1. The lowest BCUT2D eigenvalue weighted by molar-refractivity contribution is -0.0493. The Hall–Kier alpha value is -1.90. The lowest BCUT2D eigenvalue weighted by Gasteiger charge is -2.41. The van der Waals surface area contributed by atoms with Gasteiger partial charge in [0, 0.05) is 25.7 Å². The van der Waals surface area contributed by atoms with Crippen LogP contribution in [0.3, 0.4) is 0 Å². The molecule has 4 rings (SSSR count). The van der Waals surface area contributed by atoms with Crippen molar-refractivity contribution in [2.45, 2.75) is 37.8 Å². The maximum absolute atomic E-state index is 13.0. The molecule has 0 N–H and O–H groups in total. The highest BCUT2D eigenvalue weighted by atomic mass is 16.5. The third kappa shape index (κ3) is 3.88. The third-order valence-electron chi connectivity index (χ3n) is 6.56. The number of hydrogen-bond donors (Lipinski definition) is 0. The second-order valence-electron chi connectivity index (χ2n) is 8.71. The predicted octanol–water partition coefficient (Wildman–Crippen LogP) is 2.77. The van der Waals surface area contributed by atoms with E-state index in [1.165, 1.54) is 12.8 Å². The minimum atomic E-state index is -0.00148. The Morgan fingerprint density at radius 2 is 1.93 bits per heavy atom. The number of hydrogen-bond acceptors (Lipinski definition) is 4. The molecule has 27 heavy (non-hydrogen) atoms. The molecule has 0 unspecified atom stereocenters. The lowest BCUT2D eigenvalue weighted by Crippen LogP contribution is -2.48. The van der Waals surface area contributed by atoms with Gasteiger partial charge in [0.2, 0.25) is 0 Å². The van der Waals surface area contributed by atoms with Crippen molar-refractivity contribution < 1.29 is 9.53 Å². The quantitative estimate of drug-likeness (QED) is 0.803. The molecule has 2 aliphatic carbocycles. The van der Waals surface area contributed by atoms with Crippen LogP contribution in [0.15, 0.2) is 24.3 Å². The fourth-order valence-corrected chi connectivity index (χ4v) is 4.76. The molecule has 1 aliphatic heterocycles. The highest BCUT2D eigenvalue weighted by Gasteiger charge is 2.45. The first-order chi connectivity index (χ1) is 13.1. The molecule has 3 aliphatic rings. The van der Waals surface area contributed by atoms with Crippen molar-refractivity contribution in [2.75, 3.05) is 33.8 Å². The van der Waals surface area contributed by atoms with Crippen LogP contribution >= 0.6 is 0 Å². The molecule has 1 aromatic rings. The van der Waals surface area contributed by atoms with Gasteiger partial charge < -0.3 is 14.5 Å². The monoisotopic (exact) mass is 367 g/mol. The summed E-state index contributed by atoms with van der Waals surface area (Å²) in [5.74, 6) is 1.80. The maximum Gasteiger partial charge on any atom is 0.255 e. The summed E-state index contributed by atoms with van der Waals surface area (Å²) in [4.78, 5) is 17.3. The van der Waals surface area contributed by atoms with Crippen molar-refractivity contribution in [3.63, 3.8) is 0 Å². The Bertz CT molecular complexity index is 737. The second-order valence-corrected chi connectivity index (χ2v) is 8.71. The molecule has 144 valence electrons. The number of amides is 1. The number of benzene rings is 1. The van der Waals surface area contributed by atoms with Gasteiger partial charge in [-0.05, 0) is 69.7 Å². The number of fused-ring (bicyclic) bond motifs is 1. The van der Waals surface area contributed by atoms with Crippen molar-refractivity contribution in [3.05, 3.63) is 35.4 Å². The molecule has 1 amide bonds. The van der Waals surface area contributed by atoms with Crippen LogP contribution < -0.4 is 0 Å². The van der Waals surface area contributed by atoms with Gasteiger partial charge in [0.15, 0.2) is 0 Å². The molecule has 2 saturated carbocycles. The number of nitrogens with zero attached hydrogens (tertiary/aromatic N) is 3. The zero-order valence-electron chi connectivity index (χ0n) is 16.3. The summed E-state index contributed by atoms with van der Waals surface area (Å²) in [6, 6.07) is 9.71. The summed E-state index contributed by atoms with van der Waals surface area (Å²) in [7, 11) is 4.28. The standard InChI is InChI=1S/C22H29N3O2/c1-24(2)20-9-17-12-25(22(26)19-6-4-3-5-16(19)11-23)13-18(17)10-21(20)27-14-15-7-8-15/h3-6,15,17-18,20-21H,7-10,12-14H2,1-2H3/t17-,18+,20-,21-/m1/s1. The van der Waals surface area contributed by atoms with Gasteiger partial charge >= 0.3 is 0 Å². The minimum Gasteiger partial charge on any atom is -0.376 e. The van der Waals surface area contributed by atoms with Crippen molar-refractivity contribution >= 4 is 5.91 Å². The SMILES string of the molecule is CN(C)[C@@H]1C[C@@H]2CN(C(=O)c3ccccc3C#N)C[C@@H]2C[C@H]1OCC1CC1. The van der Waals surface area contributed by atoms with Gasteiger partial charge in [0.25, 0.3) is 5.91 Å². The Labute approximate surface area is 161 Å². The van der Waals surface area contributed by atoms with Gasteiger partial charge in [-0.1, -0.05) is 12.1 Å². The molecule has 1 saturated heterocycles. The van der Waals surface area contributed by atoms with Crippen LogP contribution in [0.2, 0.25) is 0 Å². The molecule has 5 heteroatoms. The van der Waals surface area contributed by atoms with Gasteiger partial charge in [-0.2, -0.15) is 5.26 Å². The average Bonchev–Trinajstić information content (AvgIpc) is 3.42. The topological polar surface area (TPSA) is 56.6 Å². The van der Waals surface area contributed by atoms with E-state index in [1.54, 1.807) is 12.1 Å². The molecule has 1 aromatic carbocycles. The molecule has 1 heterocycles. The maximum atomic E-state index is 13.0. The molecule has 5 nitrogen and oxygen atoms in total. The van der Waals surface area contributed by atoms with Crippen molar-refractivity contribution in [1.29, 1.82) is 5.26 Å². The van der Waals surface area contributed by atoms with Crippen molar-refractivity contribution in [2.24, 2.45) is 17.8 Å². The third-order valence-corrected chi connectivity index (χ3v) is 6.56. The zero-order chi connectivity index (χ0) is 19.0. The largest absolute Gasteiger partial charge is 0.376 e. The summed E-state index contributed by atoms with van der Waals surface area (Å²) in [6.45, 7) is 2.47. The smallest absolute Gasteiger partial charge is 0.255 e. The average molecular weight is 367 g/mol. The van der Waals surface area contributed by atoms with E-state index in [0.29, 0.717) is 29.0 Å². The molecule has 3 fully saturated rings. The fraction of sp³-hybridized carbons (Fsp3) is 0.636. The van der Waals surface area contributed by atoms with Gasteiger partial charge in [-0.3, -0.25) is 4.79 Å². The summed E-state index contributed by atoms with van der Waals surface area (Å²) in [5.41, 5.74) is 0.999. The number of nitriles is 1. The first-order valence-electron chi connectivity index (χ1n) is 10.1. The van der Waals surface area contributed by atoms with E-state index >= 15 is 0 Å². The molecule has 0 spiro atoms. The highest BCUT2D eigenvalue weighted by molar-refractivity contribution is 5.96. The number of likely N-dealkylation sites (tertiary alicyclic amines) is 1. The molecule has 0 radical (unpaired) electrons. The molecule has 0 aromatic heterocycles. The van der Waals surface area contributed by atoms with Gasteiger partial charge in [-0.15, -0.1) is 0 Å². The van der Waals surface area contributed by atoms with E-state index < -0.39 is 0 Å². The van der Waals surface area contributed by atoms with Crippen LogP contribution in [0.4, 0.5) is 0 Å². The number of carbonyl (C=O) groups excluding carboxylic acids is 1. The number of rotatable bonds is 5. The van der Waals surface area contributed by atoms with Gasteiger partial charge in [-0.25, -0.2) is 0 Å². The molecule has 4 atom stereocenters. The summed E-state index contributed by atoms with van der Waals surface area (Å²) in [5, 5.41) is 9.31. The van der Waals surface area contributed by atoms with E-state index in [1.807, 2.05) is 17.0 Å². The number of carbonyl (C=O) groups is 1. The molecule has 0 bridgehead atoms. The second kappa shape index (κ2) is 7.61. The zero-order valence-corrected chi connectivity index (χ0v) is 16.3. The summed E-state index contributed by atoms with van der Waals surface area (Å²) in [6.07, 6.45) is 5.00. The van der Waals surface area contributed by atoms with Crippen molar-refractivity contribution in [3.8, 4) is 6.07 Å². The first kappa shape index (κ1) is 18.5. The summed E-state index contributed by atoms with van der Waals surface area (Å²) >= 11 is 0. The van der Waals surface area contributed by atoms with E-state index in [2.05, 4.69) is 25.1 Å². The Morgan fingerprint density at radius 3 is 2.59 bits per heavy atom. The summed E-state index contributed by atoms with van der Waals surface area (Å²) < 4.78 is 6.32. The molecular formula is C22H29N3O2. The number of ether oxygens (including phenoxy) is 1. The normalized spacial score (nSPS) is 30.2. The van der Waals surface area contributed by atoms with Crippen LogP contribution in [0.5, 0.6) is 0 Å². The van der Waals surface area contributed by atoms with Crippen LogP contribution in [0, 0.1) is 29.1 Å². The number of likely N-dealkylation sites (N-methyl/N-ethyl adjacent to an activating group) is 1. The van der Waals surface area contributed by atoms with E-state index in [9.17, 15) is 10.1 Å². The Kier molecular flexibility index (Phi) is 5.21. The van der Waals surface area contributed by atoms with Crippen LogP contribution in [0.25, 0.3) is 0 Å². The van der Waals surface area contributed by atoms with Crippen molar-refractivity contribution in [1.82, 2.24) is 9.80 Å². The van der Waals surface area contributed by atoms with Crippen LogP contribution in [-0.4, -0.2) is 61.6 Å². The van der Waals surface area contributed by atoms with E-state index in [0.717, 1.165) is 38.5 Å². The van der Waals surface area contributed by atoms with Crippen LogP contribution in [0.1, 0.15) is 41.6 Å². The fourth-order valence-electron chi connectivity index (χ4n) is 4.76. The highest BCUT2D eigenvalue weighted by Crippen LogP contribution is 2.40. The lowest BCUT2D eigenvalue weighted by atomic mass is 9.77. The Morgan fingerprint density at radius 1 is 1.22 bits per heavy atom. The van der Waals surface area contributed by atoms with Gasteiger partial charge in [0.05, 0.1) is 23.3 Å². The van der Waals surface area contributed by atoms with E-state index in [-0.39, 0.29) is 12.0 Å². The van der Waals surface area contributed by atoms with Gasteiger partial charge in [0.1, 0.15) is 0 Å². The van der Waals surface area contributed by atoms with Crippen LogP contribution in [-0.2, 0) is 4.74 Å².